The predicted octanol–water partition coefficient (Wildman–Crippen LogP) is 3.09. The molecule has 2 heterocycles. The molecule has 1 saturated heterocycles. The Bertz CT molecular complexity index is 710. The second-order valence-electron chi connectivity index (χ2n) is 6.50. The summed E-state index contributed by atoms with van der Waals surface area (Å²) in [5.41, 5.74) is 1.09. The Hall–Kier alpha value is -2.27. The minimum Gasteiger partial charge on any atom is -0.497 e. The monoisotopic (exact) mass is 342 g/mol. The van der Waals surface area contributed by atoms with Crippen LogP contribution >= 0.6 is 0 Å². The van der Waals surface area contributed by atoms with E-state index in [-0.39, 0.29) is 5.91 Å². The van der Waals surface area contributed by atoms with Crippen molar-refractivity contribution in [1.82, 2.24) is 9.80 Å². The summed E-state index contributed by atoms with van der Waals surface area (Å²) in [6.07, 6.45) is 2.04. The van der Waals surface area contributed by atoms with Gasteiger partial charge in [-0.1, -0.05) is 19.1 Å². The fraction of sp³-hybridized carbons (Fsp3) is 0.450. The van der Waals surface area contributed by atoms with Crippen molar-refractivity contribution in [2.75, 3.05) is 26.7 Å². The Morgan fingerprint density at radius 1 is 1.12 bits per heavy atom. The number of nitrogens with zero attached hydrogens (tertiary/aromatic N) is 2. The average molecular weight is 342 g/mol. The summed E-state index contributed by atoms with van der Waals surface area (Å²) in [6.45, 7) is 5.50. The van der Waals surface area contributed by atoms with Crippen LogP contribution in [0.15, 0.2) is 40.8 Å². The van der Waals surface area contributed by atoms with E-state index in [4.69, 9.17) is 9.15 Å². The SMILES string of the molecule is CCCc1ccc(CN2CCN(Cc3cccc(OC)c3)C(=O)C2)o1. The molecule has 2 aromatic rings. The molecule has 0 spiro atoms. The summed E-state index contributed by atoms with van der Waals surface area (Å²) in [4.78, 5) is 16.5. The van der Waals surface area contributed by atoms with E-state index in [0.717, 1.165) is 48.8 Å². The fourth-order valence-electron chi connectivity index (χ4n) is 3.16. The van der Waals surface area contributed by atoms with Crippen LogP contribution in [-0.2, 0) is 24.3 Å². The second-order valence-corrected chi connectivity index (χ2v) is 6.50. The van der Waals surface area contributed by atoms with E-state index in [9.17, 15) is 4.79 Å². The molecule has 0 aliphatic carbocycles. The minimum absolute atomic E-state index is 0.161. The molecular weight excluding hydrogens is 316 g/mol. The molecule has 0 radical (unpaired) electrons. The smallest absolute Gasteiger partial charge is 0.237 e. The largest absolute Gasteiger partial charge is 0.497 e. The number of amides is 1. The highest BCUT2D eigenvalue weighted by Crippen LogP contribution is 2.17. The predicted molar refractivity (Wildman–Crippen MR) is 96.4 cm³/mol. The van der Waals surface area contributed by atoms with Crippen molar-refractivity contribution < 1.29 is 13.9 Å². The van der Waals surface area contributed by atoms with Gasteiger partial charge in [0.25, 0.3) is 0 Å². The number of furan rings is 1. The van der Waals surface area contributed by atoms with Crippen molar-refractivity contribution in [3.63, 3.8) is 0 Å². The van der Waals surface area contributed by atoms with Crippen molar-refractivity contribution in [3.8, 4) is 5.75 Å². The molecular formula is C20H26N2O3. The second kappa shape index (κ2) is 8.21. The molecule has 25 heavy (non-hydrogen) atoms. The van der Waals surface area contributed by atoms with Gasteiger partial charge in [0.05, 0.1) is 20.2 Å². The number of piperazine rings is 1. The molecule has 5 heteroatoms. The first-order chi connectivity index (χ1) is 12.2. The van der Waals surface area contributed by atoms with Crippen molar-refractivity contribution in [1.29, 1.82) is 0 Å². The molecule has 3 rings (SSSR count). The van der Waals surface area contributed by atoms with Gasteiger partial charge in [-0.15, -0.1) is 0 Å². The Kier molecular flexibility index (Phi) is 5.76. The molecule has 1 aromatic heterocycles. The number of carbonyl (C=O) groups is 1. The van der Waals surface area contributed by atoms with Gasteiger partial charge in [0, 0.05) is 26.1 Å². The van der Waals surface area contributed by atoms with Crippen LogP contribution in [0.4, 0.5) is 0 Å². The van der Waals surface area contributed by atoms with Crippen LogP contribution in [0.2, 0.25) is 0 Å². The maximum atomic E-state index is 12.5. The first-order valence-corrected chi connectivity index (χ1v) is 8.88. The topological polar surface area (TPSA) is 45.9 Å². The zero-order valence-electron chi connectivity index (χ0n) is 15.0. The molecule has 1 amide bonds. The number of ether oxygens (including phenoxy) is 1. The van der Waals surface area contributed by atoms with Crippen molar-refractivity contribution in [3.05, 3.63) is 53.5 Å². The van der Waals surface area contributed by atoms with Gasteiger partial charge in [0.15, 0.2) is 0 Å². The molecule has 134 valence electrons. The normalized spacial score (nSPS) is 15.6. The number of benzene rings is 1. The lowest BCUT2D eigenvalue weighted by atomic mass is 10.2. The molecule has 1 aliphatic rings. The van der Waals surface area contributed by atoms with Crippen molar-refractivity contribution in [2.24, 2.45) is 0 Å². The first kappa shape index (κ1) is 17.5. The van der Waals surface area contributed by atoms with Crippen molar-refractivity contribution in [2.45, 2.75) is 32.9 Å². The zero-order chi connectivity index (χ0) is 17.6. The summed E-state index contributed by atoms with van der Waals surface area (Å²) in [5, 5.41) is 0. The highest BCUT2D eigenvalue weighted by Gasteiger charge is 2.24. The number of carbonyl (C=O) groups excluding carboxylic acids is 1. The van der Waals surface area contributed by atoms with Crippen LogP contribution in [-0.4, -0.2) is 42.5 Å². The van der Waals surface area contributed by atoms with E-state index in [2.05, 4.69) is 11.8 Å². The number of aryl methyl sites for hydroxylation is 1. The molecule has 0 bridgehead atoms. The summed E-state index contributed by atoms with van der Waals surface area (Å²) >= 11 is 0. The van der Waals surface area contributed by atoms with Crippen LogP contribution in [0, 0.1) is 0 Å². The van der Waals surface area contributed by atoms with Crippen LogP contribution in [0.3, 0.4) is 0 Å². The molecule has 0 N–H and O–H groups in total. The number of methoxy groups -OCH3 is 1. The standard InChI is InChI=1S/C20H26N2O3/c1-3-5-17-8-9-19(25-17)14-21-10-11-22(20(23)15-21)13-16-6-4-7-18(12-16)24-2/h4,6-9,12H,3,5,10-11,13-15H2,1-2H3. The first-order valence-electron chi connectivity index (χ1n) is 8.88. The van der Waals surface area contributed by atoms with E-state index in [1.807, 2.05) is 41.3 Å². The summed E-state index contributed by atoms with van der Waals surface area (Å²) in [6, 6.07) is 12.0. The molecule has 0 unspecified atom stereocenters. The molecule has 0 saturated carbocycles. The van der Waals surface area contributed by atoms with Gasteiger partial charge in [-0.2, -0.15) is 0 Å². The Balaban J connectivity index is 1.53. The zero-order valence-corrected chi connectivity index (χ0v) is 15.0. The van der Waals surface area contributed by atoms with E-state index in [1.54, 1.807) is 7.11 Å². The average Bonchev–Trinajstić information content (AvgIpc) is 3.05. The minimum atomic E-state index is 0.161. The lowest BCUT2D eigenvalue weighted by Gasteiger charge is -2.34. The summed E-state index contributed by atoms with van der Waals surface area (Å²) in [7, 11) is 1.66. The van der Waals surface area contributed by atoms with E-state index in [0.29, 0.717) is 19.6 Å². The van der Waals surface area contributed by atoms with Gasteiger partial charge in [-0.25, -0.2) is 0 Å². The fourth-order valence-corrected chi connectivity index (χ4v) is 3.16. The van der Waals surface area contributed by atoms with Gasteiger partial charge in [0.1, 0.15) is 17.3 Å². The Morgan fingerprint density at radius 3 is 2.72 bits per heavy atom. The van der Waals surface area contributed by atoms with E-state index < -0.39 is 0 Å². The summed E-state index contributed by atoms with van der Waals surface area (Å²) in [5.74, 6) is 2.96. The third-order valence-corrected chi connectivity index (χ3v) is 4.50. The van der Waals surface area contributed by atoms with Gasteiger partial charge in [0.2, 0.25) is 5.91 Å². The molecule has 1 fully saturated rings. The third-order valence-electron chi connectivity index (χ3n) is 4.50. The number of hydrogen-bond acceptors (Lipinski definition) is 4. The van der Waals surface area contributed by atoms with E-state index >= 15 is 0 Å². The Morgan fingerprint density at radius 2 is 1.96 bits per heavy atom. The lowest BCUT2D eigenvalue weighted by Crippen LogP contribution is -2.49. The maximum absolute atomic E-state index is 12.5. The van der Waals surface area contributed by atoms with Crippen LogP contribution < -0.4 is 4.74 Å². The molecule has 0 atom stereocenters. The summed E-state index contributed by atoms with van der Waals surface area (Å²) < 4.78 is 11.1. The molecule has 5 nitrogen and oxygen atoms in total. The molecule has 1 aliphatic heterocycles. The highest BCUT2D eigenvalue weighted by molar-refractivity contribution is 5.79. The van der Waals surface area contributed by atoms with Crippen LogP contribution in [0.5, 0.6) is 5.75 Å². The number of rotatable bonds is 7. The third kappa shape index (κ3) is 4.63. The molecule has 1 aromatic carbocycles. The van der Waals surface area contributed by atoms with Crippen LogP contribution in [0.25, 0.3) is 0 Å². The lowest BCUT2D eigenvalue weighted by molar-refractivity contribution is -0.137. The maximum Gasteiger partial charge on any atom is 0.237 e. The highest BCUT2D eigenvalue weighted by atomic mass is 16.5. The van der Waals surface area contributed by atoms with Gasteiger partial charge < -0.3 is 14.1 Å². The van der Waals surface area contributed by atoms with Crippen LogP contribution in [0.1, 0.15) is 30.4 Å². The van der Waals surface area contributed by atoms with Gasteiger partial charge >= 0.3 is 0 Å². The Labute approximate surface area is 149 Å². The van der Waals surface area contributed by atoms with Gasteiger partial charge in [-0.3, -0.25) is 9.69 Å². The van der Waals surface area contributed by atoms with Crippen molar-refractivity contribution >= 4 is 5.91 Å². The quantitative estimate of drug-likeness (QED) is 0.776. The van der Waals surface area contributed by atoms with Gasteiger partial charge in [-0.05, 0) is 36.2 Å². The van der Waals surface area contributed by atoms with E-state index in [1.165, 1.54) is 0 Å². The number of hydrogen-bond donors (Lipinski definition) is 0.